The third kappa shape index (κ3) is 2.09. The Balaban J connectivity index is 1.72. The third-order valence-corrected chi connectivity index (χ3v) is 3.95. The van der Waals surface area contributed by atoms with Gasteiger partial charge in [0, 0.05) is 5.56 Å². The van der Waals surface area contributed by atoms with E-state index in [0.29, 0.717) is 24.8 Å². The van der Waals surface area contributed by atoms with Gasteiger partial charge in [0.05, 0.1) is 17.4 Å². The number of carbonyl (C=O) groups is 2. The molecule has 2 N–H and O–H groups in total. The first kappa shape index (κ1) is 12.1. The van der Waals surface area contributed by atoms with Crippen LogP contribution in [0.15, 0.2) is 24.3 Å². The van der Waals surface area contributed by atoms with Crippen LogP contribution < -0.4 is 5.32 Å². The molecule has 1 aromatic carbocycles. The van der Waals surface area contributed by atoms with E-state index in [1.54, 1.807) is 18.2 Å². The van der Waals surface area contributed by atoms with Gasteiger partial charge in [-0.05, 0) is 25.3 Å². The monoisotopic (exact) mass is 263 g/mol. The Bertz CT molecular complexity index is 553. The molecule has 2 atom stereocenters. The lowest BCUT2D eigenvalue weighted by Crippen LogP contribution is -2.37. The van der Waals surface area contributed by atoms with Crippen molar-refractivity contribution >= 4 is 11.9 Å². The van der Waals surface area contributed by atoms with Gasteiger partial charge in [-0.1, -0.05) is 18.2 Å². The first-order valence-corrected chi connectivity index (χ1v) is 6.33. The average Bonchev–Trinajstić information content (AvgIpc) is 3.24. The Morgan fingerprint density at radius 3 is 2.47 bits per heavy atom. The Morgan fingerprint density at radius 1 is 1.26 bits per heavy atom. The molecule has 2 fully saturated rings. The zero-order valence-corrected chi connectivity index (χ0v) is 10.2. The molecule has 2 aliphatic rings. The van der Waals surface area contributed by atoms with Crippen molar-refractivity contribution in [3.63, 3.8) is 0 Å². The number of halogens is 1. The summed E-state index contributed by atoms with van der Waals surface area (Å²) in [6.07, 6.45) is 1.78. The standard InChI is InChI=1S/C14H14FNO3/c15-11-4-2-1-3-10(11)14(5-6-14)16-12(17)8-7-9(8)13(18)19/h1-4,8-9H,5-7H2,(H,16,17)(H,18,19). The van der Waals surface area contributed by atoms with E-state index < -0.39 is 23.3 Å². The zero-order valence-electron chi connectivity index (χ0n) is 10.2. The van der Waals surface area contributed by atoms with Crippen LogP contribution in [-0.2, 0) is 15.1 Å². The molecule has 0 saturated heterocycles. The number of hydrogen-bond donors (Lipinski definition) is 2. The van der Waals surface area contributed by atoms with Crippen molar-refractivity contribution in [3.05, 3.63) is 35.6 Å². The second kappa shape index (κ2) is 4.05. The Kier molecular flexibility index (Phi) is 2.59. The summed E-state index contributed by atoms with van der Waals surface area (Å²) in [7, 11) is 0. The normalized spacial score (nSPS) is 26.6. The van der Waals surface area contributed by atoms with Gasteiger partial charge in [0.25, 0.3) is 0 Å². The highest BCUT2D eigenvalue weighted by Crippen LogP contribution is 2.48. The fourth-order valence-electron chi connectivity index (χ4n) is 2.52. The molecular formula is C14H14FNO3. The second-order valence-corrected chi connectivity index (χ2v) is 5.34. The first-order valence-electron chi connectivity index (χ1n) is 6.33. The number of carboxylic acids is 1. The van der Waals surface area contributed by atoms with Gasteiger partial charge < -0.3 is 10.4 Å². The highest BCUT2D eigenvalue weighted by atomic mass is 19.1. The Morgan fingerprint density at radius 2 is 1.95 bits per heavy atom. The summed E-state index contributed by atoms with van der Waals surface area (Å²) < 4.78 is 13.8. The van der Waals surface area contributed by atoms with Crippen LogP contribution in [0.3, 0.4) is 0 Å². The fourth-order valence-corrected chi connectivity index (χ4v) is 2.52. The van der Waals surface area contributed by atoms with Gasteiger partial charge in [0.2, 0.25) is 5.91 Å². The highest BCUT2D eigenvalue weighted by Gasteiger charge is 2.53. The van der Waals surface area contributed by atoms with Crippen LogP contribution in [0.1, 0.15) is 24.8 Å². The van der Waals surface area contributed by atoms with Crippen LogP contribution in [-0.4, -0.2) is 17.0 Å². The van der Waals surface area contributed by atoms with E-state index in [-0.39, 0.29) is 11.7 Å². The molecule has 5 heteroatoms. The van der Waals surface area contributed by atoms with Gasteiger partial charge in [-0.25, -0.2) is 4.39 Å². The molecule has 100 valence electrons. The summed E-state index contributed by atoms with van der Waals surface area (Å²) in [6.45, 7) is 0. The fraction of sp³-hybridized carbons (Fsp3) is 0.429. The van der Waals surface area contributed by atoms with Gasteiger partial charge >= 0.3 is 5.97 Å². The second-order valence-electron chi connectivity index (χ2n) is 5.34. The number of nitrogens with one attached hydrogen (secondary N) is 1. The Hall–Kier alpha value is -1.91. The Labute approximate surface area is 109 Å². The van der Waals surface area contributed by atoms with Crippen molar-refractivity contribution < 1.29 is 19.1 Å². The quantitative estimate of drug-likeness (QED) is 0.868. The summed E-state index contributed by atoms with van der Waals surface area (Å²) in [5, 5.41) is 11.6. The van der Waals surface area contributed by atoms with Gasteiger partial charge in [-0.2, -0.15) is 0 Å². The molecule has 0 spiro atoms. The van der Waals surface area contributed by atoms with Crippen molar-refractivity contribution in [3.8, 4) is 0 Å². The number of hydrogen-bond acceptors (Lipinski definition) is 2. The SMILES string of the molecule is O=C(O)C1CC1C(=O)NC1(c2ccccc2F)CC1. The molecule has 19 heavy (non-hydrogen) atoms. The van der Waals surface area contributed by atoms with E-state index in [4.69, 9.17) is 5.11 Å². The van der Waals surface area contributed by atoms with Gasteiger partial charge in [0.15, 0.2) is 0 Å². The predicted molar refractivity (Wildman–Crippen MR) is 64.7 cm³/mol. The van der Waals surface area contributed by atoms with Crippen LogP contribution in [0.25, 0.3) is 0 Å². The van der Waals surface area contributed by atoms with Gasteiger partial charge in [-0.3, -0.25) is 9.59 Å². The molecule has 4 nitrogen and oxygen atoms in total. The summed E-state index contributed by atoms with van der Waals surface area (Å²) in [6, 6.07) is 6.39. The number of rotatable bonds is 4. The zero-order chi connectivity index (χ0) is 13.6. The number of aliphatic carboxylic acids is 1. The van der Waals surface area contributed by atoms with Crippen LogP contribution in [0.5, 0.6) is 0 Å². The minimum Gasteiger partial charge on any atom is -0.481 e. The van der Waals surface area contributed by atoms with E-state index >= 15 is 0 Å². The summed E-state index contributed by atoms with van der Waals surface area (Å²) in [5.74, 6) is -2.56. The van der Waals surface area contributed by atoms with E-state index in [9.17, 15) is 14.0 Å². The number of benzene rings is 1. The number of amides is 1. The molecule has 1 aromatic rings. The lowest BCUT2D eigenvalue weighted by molar-refractivity contribution is -0.140. The van der Waals surface area contributed by atoms with E-state index in [1.165, 1.54) is 6.07 Å². The molecule has 0 aromatic heterocycles. The molecule has 0 radical (unpaired) electrons. The van der Waals surface area contributed by atoms with Crippen LogP contribution >= 0.6 is 0 Å². The largest absolute Gasteiger partial charge is 0.481 e. The molecule has 1 amide bonds. The highest BCUT2D eigenvalue weighted by molar-refractivity contribution is 5.90. The lowest BCUT2D eigenvalue weighted by atomic mass is 10.0. The topological polar surface area (TPSA) is 66.4 Å². The molecule has 2 aliphatic carbocycles. The molecule has 2 unspecified atom stereocenters. The van der Waals surface area contributed by atoms with Crippen molar-refractivity contribution in [2.24, 2.45) is 11.8 Å². The molecule has 0 aliphatic heterocycles. The van der Waals surface area contributed by atoms with Crippen molar-refractivity contribution in [2.75, 3.05) is 0 Å². The van der Waals surface area contributed by atoms with Crippen molar-refractivity contribution in [2.45, 2.75) is 24.8 Å². The minimum absolute atomic E-state index is 0.270. The maximum Gasteiger partial charge on any atom is 0.307 e. The van der Waals surface area contributed by atoms with E-state index in [0.717, 1.165) is 0 Å². The predicted octanol–water partition coefficient (Wildman–Crippen LogP) is 1.65. The summed E-state index contributed by atoms with van der Waals surface area (Å²) in [5.41, 5.74) is -0.121. The summed E-state index contributed by atoms with van der Waals surface area (Å²) in [4.78, 5) is 22.7. The van der Waals surface area contributed by atoms with Crippen LogP contribution in [0, 0.1) is 17.7 Å². The average molecular weight is 263 g/mol. The van der Waals surface area contributed by atoms with Crippen LogP contribution in [0.2, 0.25) is 0 Å². The maximum absolute atomic E-state index is 13.8. The van der Waals surface area contributed by atoms with E-state index in [2.05, 4.69) is 5.32 Å². The maximum atomic E-state index is 13.8. The van der Waals surface area contributed by atoms with Crippen molar-refractivity contribution in [1.29, 1.82) is 0 Å². The number of carboxylic acid groups (broad SMARTS) is 1. The van der Waals surface area contributed by atoms with Crippen molar-refractivity contribution in [1.82, 2.24) is 5.32 Å². The molecule has 0 bridgehead atoms. The van der Waals surface area contributed by atoms with E-state index in [1.807, 2.05) is 0 Å². The first-order chi connectivity index (χ1) is 9.03. The smallest absolute Gasteiger partial charge is 0.307 e. The summed E-state index contributed by atoms with van der Waals surface area (Å²) >= 11 is 0. The minimum atomic E-state index is -0.934. The number of carbonyl (C=O) groups excluding carboxylic acids is 1. The molecular weight excluding hydrogens is 249 g/mol. The molecule has 2 saturated carbocycles. The third-order valence-electron chi connectivity index (χ3n) is 3.95. The molecule has 3 rings (SSSR count). The lowest BCUT2D eigenvalue weighted by Gasteiger charge is -2.18. The molecule has 0 heterocycles. The van der Waals surface area contributed by atoms with Gasteiger partial charge in [-0.15, -0.1) is 0 Å². The van der Waals surface area contributed by atoms with Crippen LogP contribution in [0.4, 0.5) is 4.39 Å². The van der Waals surface area contributed by atoms with Gasteiger partial charge in [0.1, 0.15) is 5.82 Å².